The number of carbonyl (C=O) groups is 1. The molecule has 0 fully saturated rings. The van der Waals surface area contributed by atoms with Gasteiger partial charge in [0.1, 0.15) is 5.75 Å². The van der Waals surface area contributed by atoms with Crippen LogP contribution >= 0.6 is 11.6 Å². The minimum Gasteiger partial charge on any atom is -0.496 e. The Morgan fingerprint density at radius 3 is 2.55 bits per heavy atom. The number of benzene rings is 2. The Morgan fingerprint density at radius 2 is 1.86 bits per heavy atom. The van der Waals surface area contributed by atoms with Crippen LogP contribution in [0.1, 0.15) is 23.1 Å². The fourth-order valence-electron chi connectivity index (χ4n) is 2.79. The Kier molecular flexibility index (Phi) is 8.80. The van der Waals surface area contributed by atoms with Gasteiger partial charge in [-0.3, -0.25) is 9.79 Å². The molecule has 29 heavy (non-hydrogen) atoms. The maximum atomic E-state index is 12.1. The summed E-state index contributed by atoms with van der Waals surface area (Å²) in [5.41, 5.74) is 3.98. The first-order valence-electron chi connectivity index (χ1n) is 9.57. The van der Waals surface area contributed by atoms with Crippen molar-refractivity contribution in [3.63, 3.8) is 0 Å². The SMILES string of the molecule is CN=C(NCCC(=O)Nc1ccc(C)cc1Cl)NCCc1ccc(C)c(OC)c1. The van der Waals surface area contributed by atoms with Gasteiger partial charge in [-0.1, -0.05) is 29.8 Å². The molecule has 156 valence electrons. The monoisotopic (exact) mass is 416 g/mol. The molecule has 2 aromatic carbocycles. The van der Waals surface area contributed by atoms with E-state index in [0.29, 0.717) is 29.6 Å². The van der Waals surface area contributed by atoms with Crippen molar-refractivity contribution in [2.45, 2.75) is 26.7 Å². The number of ether oxygens (including phenoxy) is 1. The average molecular weight is 417 g/mol. The first-order chi connectivity index (χ1) is 13.9. The summed E-state index contributed by atoms with van der Waals surface area (Å²) in [6, 6.07) is 11.7. The predicted octanol–water partition coefficient (Wildman–Crippen LogP) is 3.70. The summed E-state index contributed by atoms with van der Waals surface area (Å²) >= 11 is 6.15. The molecule has 0 atom stereocenters. The highest BCUT2D eigenvalue weighted by Gasteiger charge is 2.07. The molecule has 2 rings (SSSR count). The van der Waals surface area contributed by atoms with E-state index in [1.807, 2.05) is 38.1 Å². The van der Waals surface area contributed by atoms with Gasteiger partial charge in [-0.15, -0.1) is 0 Å². The summed E-state index contributed by atoms with van der Waals surface area (Å²) < 4.78 is 5.36. The Morgan fingerprint density at radius 1 is 1.10 bits per heavy atom. The number of aliphatic imine (C=N–C) groups is 1. The molecule has 0 saturated carbocycles. The van der Waals surface area contributed by atoms with Gasteiger partial charge in [0, 0.05) is 26.6 Å². The van der Waals surface area contributed by atoms with Crippen molar-refractivity contribution < 1.29 is 9.53 Å². The van der Waals surface area contributed by atoms with E-state index in [-0.39, 0.29) is 5.91 Å². The molecule has 2 aromatic rings. The highest BCUT2D eigenvalue weighted by atomic mass is 35.5. The third kappa shape index (κ3) is 7.31. The van der Waals surface area contributed by atoms with Gasteiger partial charge in [0.05, 0.1) is 17.8 Å². The molecule has 0 aliphatic rings. The minimum atomic E-state index is -0.106. The Labute approximate surface area is 177 Å². The number of carbonyl (C=O) groups excluding carboxylic acids is 1. The first-order valence-corrected chi connectivity index (χ1v) is 9.94. The molecule has 0 saturated heterocycles. The van der Waals surface area contributed by atoms with Crippen molar-refractivity contribution in [3.8, 4) is 5.75 Å². The van der Waals surface area contributed by atoms with Gasteiger partial charge in [0.2, 0.25) is 5.91 Å². The van der Waals surface area contributed by atoms with Gasteiger partial charge in [-0.25, -0.2) is 0 Å². The molecule has 0 heterocycles. The number of hydrogen-bond acceptors (Lipinski definition) is 3. The highest BCUT2D eigenvalue weighted by molar-refractivity contribution is 6.33. The lowest BCUT2D eigenvalue weighted by molar-refractivity contribution is -0.116. The Balaban J connectivity index is 1.72. The van der Waals surface area contributed by atoms with Crippen molar-refractivity contribution in [1.29, 1.82) is 0 Å². The standard InChI is InChI=1S/C22H29ClN4O2/c1-15-5-8-19(18(23)13-15)27-21(28)10-12-26-22(24-3)25-11-9-17-7-6-16(2)20(14-17)29-4/h5-8,13-14H,9-12H2,1-4H3,(H,27,28)(H2,24,25,26). The lowest BCUT2D eigenvalue weighted by atomic mass is 10.1. The van der Waals surface area contributed by atoms with Gasteiger partial charge in [-0.05, 0) is 55.2 Å². The van der Waals surface area contributed by atoms with E-state index in [4.69, 9.17) is 16.3 Å². The van der Waals surface area contributed by atoms with Crippen molar-refractivity contribution in [1.82, 2.24) is 10.6 Å². The number of rotatable bonds is 8. The predicted molar refractivity (Wildman–Crippen MR) is 120 cm³/mol. The highest BCUT2D eigenvalue weighted by Crippen LogP contribution is 2.22. The second-order valence-corrected chi connectivity index (χ2v) is 7.17. The van der Waals surface area contributed by atoms with Crippen LogP contribution in [0.25, 0.3) is 0 Å². The zero-order valence-electron chi connectivity index (χ0n) is 17.4. The van der Waals surface area contributed by atoms with Crippen LogP contribution in [0.2, 0.25) is 5.02 Å². The molecule has 7 heteroatoms. The van der Waals surface area contributed by atoms with Crippen LogP contribution in [0.15, 0.2) is 41.4 Å². The minimum absolute atomic E-state index is 0.106. The van der Waals surface area contributed by atoms with E-state index in [9.17, 15) is 4.79 Å². The van der Waals surface area contributed by atoms with Crippen molar-refractivity contribution in [2.75, 3.05) is 32.6 Å². The van der Waals surface area contributed by atoms with E-state index in [1.54, 1.807) is 14.2 Å². The number of guanidine groups is 1. The number of nitrogens with one attached hydrogen (secondary N) is 3. The van der Waals surface area contributed by atoms with Crippen LogP contribution in [-0.2, 0) is 11.2 Å². The Hall–Kier alpha value is -2.73. The molecule has 0 unspecified atom stereocenters. The number of hydrogen-bond donors (Lipinski definition) is 3. The topological polar surface area (TPSA) is 74.8 Å². The molecule has 0 aliphatic heterocycles. The maximum absolute atomic E-state index is 12.1. The van der Waals surface area contributed by atoms with Gasteiger partial charge >= 0.3 is 0 Å². The normalized spacial score (nSPS) is 11.1. The number of nitrogens with zero attached hydrogens (tertiary/aromatic N) is 1. The largest absolute Gasteiger partial charge is 0.496 e. The second kappa shape index (κ2) is 11.3. The van der Waals surface area contributed by atoms with E-state index >= 15 is 0 Å². The second-order valence-electron chi connectivity index (χ2n) is 6.76. The molecule has 0 bridgehead atoms. The van der Waals surface area contributed by atoms with Crippen molar-refractivity contribution in [2.24, 2.45) is 4.99 Å². The van der Waals surface area contributed by atoms with Crippen molar-refractivity contribution >= 4 is 29.2 Å². The summed E-state index contributed by atoms with van der Waals surface area (Å²) in [5, 5.41) is 9.77. The van der Waals surface area contributed by atoms with Crippen LogP contribution in [0.5, 0.6) is 5.75 Å². The van der Waals surface area contributed by atoms with E-state index in [0.717, 1.165) is 29.8 Å². The van der Waals surface area contributed by atoms with Gasteiger partial charge in [-0.2, -0.15) is 0 Å². The fraction of sp³-hybridized carbons (Fsp3) is 0.364. The third-order valence-corrected chi connectivity index (χ3v) is 4.76. The van der Waals surface area contributed by atoms with Crippen LogP contribution in [-0.4, -0.2) is 39.1 Å². The molecule has 0 aromatic heterocycles. The molecule has 6 nitrogen and oxygen atoms in total. The molecule has 0 spiro atoms. The van der Waals surface area contributed by atoms with E-state index < -0.39 is 0 Å². The first kappa shape index (κ1) is 22.6. The quantitative estimate of drug-likeness (QED) is 0.453. The van der Waals surface area contributed by atoms with E-state index in [2.05, 4.69) is 33.1 Å². The van der Waals surface area contributed by atoms with Crippen LogP contribution in [0.4, 0.5) is 5.69 Å². The maximum Gasteiger partial charge on any atom is 0.226 e. The molecular formula is C22H29ClN4O2. The Bertz CT molecular complexity index is 868. The average Bonchev–Trinajstić information content (AvgIpc) is 2.70. The van der Waals surface area contributed by atoms with Crippen molar-refractivity contribution in [3.05, 3.63) is 58.1 Å². The lowest BCUT2D eigenvalue weighted by Gasteiger charge is -2.13. The smallest absolute Gasteiger partial charge is 0.226 e. The summed E-state index contributed by atoms with van der Waals surface area (Å²) in [7, 11) is 3.38. The summed E-state index contributed by atoms with van der Waals surface area (Å²) in [4.78, 5) is 16.3. The molecular weight excluding hydrogens is 388 g/mol. The van der Waals surface area contributed by atoms with E-state index in [1.165, 1.54) is 5.56 Å². The molecule has 1 amide bonds. The summed E-state index contributed by atoms with van der Waals surface area (Å²) in [6.45, 7) is 5.16. The summed E-state index contributed by atoms with van der Waals surface area (Å²) in [5.74, 6) is 1.44. The number of amides is 1. The van der Waals surface area contributed by atoms with Crippen LogP contribution < -0.4 is 20.7 Å². The number of halogens is 1. The molecule has 0 radical (unpaired) electrons. The lowest BCUT2D eigenvalue weighted by Crippen LogP contribution is -2.39. The summed E-state index contributed by atoms with van der Waals surface area (Å²) in [6.07, 6.45) is 1.14. The van der Waals surface area contributed by atoms with Gasteiger partial charge in [0.15, 0.2) is 5.96 Å². The van der Waals surface area contributed by atoms with Gasteiger partial charge in [0.25, 0.3) is 0 Å². The zero-order chi connectivity index (χ0) is 21.2. The van der Waals surface area contributed by atoms with Gasteiger partial charge < -0.3 is 20.7 Å². The number of anilines is 1. The number of methoxy groups -OCH3 is 1. The number of aryl methyl sites for hydroxylation is 2. The fourth-order valence-corrected chi connectivity index (χ4v) is 3.08. The molecule has 0 aliphatic carbocycles. The van der Waals surface area contributed by atoms with Crippen LogP contribution in [0, 0.1) is 13.8 Å². The molecule has 3 N–H and O–H groups in total. The zero-order valence-corrected chi connectivity index (χ0v) is 18.2. The van der Waals surface area contributed by atoms with Crippen LogP contribution in [0.3, 0.4) is 0 Å². The third-order valence-electron chi connectivity index (χ3n) is 4.45.